The van der Waals surface area contributed by atoms with E-state index in [1.54, 1.807) is 18.2 Å². The molecule has 0 aromatic heterocycles. The smallest absolute Gasteiger partial charge is 0.265 e. The summed E-state index contributed by atoms with van der Waals surface area (Å²) in [4.78, 5) is 12.9. The number of rotatable bonds is 1. The summed E-state index contributed by atoms with van der Waals surface area (Å²) in [7, 11) is 0. The van der Waals surface area contributed by atoms with Gasteiger partial charge in [-0.15, -0.1) is 0 Å². The van der Waals surface area contributed by atoms with Gasteiger partial charge < -0.3 is 0 Å². The van der Waals surface area contributed by atoms with Crippen LogP contribution in [0.15, 0.2) is 24.3 Å². The normalized spacial score (nSPS) is 8.67. The number of carbonyl (C=O) groups is 1. The molecule has 0 atom stereocenters. The molecule has 0 aliphatic rings. The highest BCUT2D eigenvalue weighted by Crippen LogP contribution is 2.03. The first kappa shape index (κ1) is 8.57. The third-order valence-electron chi connectivity index (χ3n) is 1.34. The minimum absolute atomic E-state index is 0.379. The van der Waals surface area contributed by atoms with Crippen molar-refractivity contribution >= 4 is 17.7 Å². The first-order valence-electron chi connectivity index (χ1n) is 3.19. The molecule has 1 aromatic carbocycles. The number of carbonyl (C=O) groups excluding carboxylic acids is 1. The van der Waals surface area contributed by atoms with Gasteiger partial charge in [0.25, 0.3) is 5.91 Å². The Labute approximate surface area is 74.7 Å². The van der Waals surface area contributed by atoms with Gasteiger partial charge in [0, 0.05) is 17.3 Å². The van der Waals surface area contributed by atoms with E-state index in [0.29, 0.717) is 11.1 Å². The molecule has 0 fully saturated rings. The summed E-state index contributed by atoms with van der Waals surface area (Å²) in [6, 6.07) is 8.22. The molecule has 0 radical (unpaired) electrons. The standard InChI is InChI=1S/C8H5ClN2O/c9-11-8(12)7-3-1-2-6(4-7)5-10/h1-4H,(H,11,12). The largest absolute Gasteiger partial charge is 0.268 e. The summed E-state index contributed by atoms with van der Waals surface area (Å²) < 4.78 is 0. The Bertz CT molecular complexity index is 343. The topological polar surface area (TPSA) is 52.9 Å². The molecule has 1 rings (SSSR count). The minimum atomic E-state index is -0.409. The zero-order valence-electron chi connectivity index (χ0n) is 6.04. The molecule has 0 spiro atoms. The van der Waals surface area contributed by atoms with Crippen LogP contribution in [-0.4, -0.2) is 5.91 Å². The highest BCUT2D eigenvalue weighted by molar-refractivity contribution is 6.24. The van der Waals surface area contributed by atoms with Crippen LogP contribution in [0.4, 0.5) is 0 Å². The lowest BCUT2D eigenvalue weighted by atomic mass is 10.1. The maximum atomic E-state index is 10.9. The monoisotopic (exact) mass is 180 g/mol. The number of nitrogens with one attached hydrogen (secondary N) is 1. The van der Waals surface area contributed by atoms with Crippen LogP contribution in [0.25, 0.3) is 0 Å². The van der Waals surface area contributed by atoms with Gasteiger partial charge in [-0.05, 0) is 18.2 Å². The van der Waals surface area contributed by atoms with Crippen LogP contribution in [0.5, 0.6) is 0 Å². The van der Waals surface area contributed by atoms with E-state index in [-0.39, 0.29) is 0 Å². The van der Waals surface area contributed by atoms with Crippen molar-refractivity contribution < 1.29 is 4.79 Å². The molecule has 3 nitrogen and oxygen atoms in total. The molecule has 0 bridgehead atoms. The Hall–Kier alpha value is -1.53. The summed E-state index contributed by atoms with van der Waals surface area (Å²) in [5.74, 6) is -0.409. The van der Waals surface area contributed by atoms with Crippen LogP contribution in [0, 0.1) is 11.3 Å². The maximum absolute atomic E-state index is 10.9. The second-order valence-corrected chi connectivity index (χ2v) is 2.31. The third-order valence-corrected chi connectivity index (χ3v) is 1.51. The van der Waals surface area contributed by atoms with Crippen LogP contribution in [0.3, 0.4) is 0 Å². The summed E-state index contributed by atoms with van der Waals surface area (Å²) in [6.07, 6.45) is 0. The molecule has 0 aliphatic heterocycles. The highest BCUT2D eigenvalue weighted by atomic mass is 35.5. The predicted octanol–water partition coefficient (Wildman–Crippen LogP) is 1.44. The Balaban J connectivity index is 3.04. The second kappa shape index (κ2) is 3.74. The lowest BCUT2D eigenvalue weighted by molar-refractivity contribution is 0.0982. The van der Waals surface area contributed by atoms with Gasteiger partial charge in [-0.25, -0.2) is 0 Å². The van der Waals surface area contributed by atoms with Crippen molar-refractivity contribution in [2.24, 2.45) is 0 Å². The molecule has 1 N–H and O–H groups in total. The average molecular weight is 181 g/mol. The predicted molar refractivity (Wildman–Crippen MR) is 44.5 cm³/mol. The van der Waals surface area contributed by atoms with Crippen LogP contribution < -0.4 is 4.84 Å². The van der Waals surface area contributed by atoms with E-state index in [2.05, 4.69) is 0 Å². The van der Waals surface area contributed by atoms with Crippen molar-refractivity contribution in [3.8, 4) is 6.07 Å². The van der Waals surface area contributed by atoms with Gasteiger partial charge in [-0.2, -0.15) is 5.26 Å². The van der Waals surface area contributed by atoms with Crippen molar-refractivity contribution in [3.05, 3.63) is 35.4 Å². The van der Waals surface area contributed by atoms with E-state index in [4.69, 9.17) is 17.0 Å². The van der Waals surface area contributed by atoms with Gasteiger partial charge in [-0.3, -0.25) is 9.63 Å². The maximum Gasteiger partial charge on any atom is 0.265 e. The number of benzene rings is 1. The van der Waals surface area contributed by atoms with Gasteiger partial charge >= 0.3 is 0 Å². The lowest BCUT2D eigenvalue weighted by Gasteiger charge is -1.96. The fourth-order valence-corrected chi connectivity index (χ4v) is 0.894. The number of nitrogens with zero attached hydrogens (tertiary/aromatic N) is 1. The van der Waals surface area contributed by atoms with E-state index in [1.807, 2.05) is 10.9 Å². The van der Waals surface area contributed by atoms with E-state index < -0.39 is 5.91 Å². The molecule has 0 aliphatic carbocycles. The third kappa shape index (κ3) is 1.74. The summed E-state index contributed by atoms with van der Waals surface area (Å²) >= 11 is 5.10. The molecular weight excluding hydrogens is 176 g/mol. The van der Waals surface area contributed by atoms with Crippen LogP contribution in [0.2, 0.25) is 0 Å². The molecule has 12 heavy (non-hydrogen) atoms. The Kier molecular flexibility index (Phi) is 2.67. The molecule has 60 valence electrons. The fraction of sp³-hybridized carbons (Fsp3) is 0. The number of amides is 1. The lowest BCUT2D eigenvalue weighted by Crippen LogP contribution is -2.12. The van der Waals surface area contributed by atoms with Crippen molar-refractivity contribution in [1.82, 2.24) is 4.84 Å². The van der Waals surface area contributed by atoms with Gasteiger partial charge in [-0.1, -0.05) is 6.07 Å². The van der Waals surface area contributed by atoms with Gasteiger partial charge in [0.2, 0.25) is 0 Å². The van der Waals surface area contributed by atoms with E-state index in [0.717, 1.165) is 0 Å². The van der Waals surface area contributed by atoms with Crippen LogP contribution in [-0.2, 0) is 0 Å². The number of nitriles is 1. The number of halogens is 1. The summed E-state index contributed by atoms with van der Waals surface area (Å²) in [6.45, 7) is 0. The zero-order chi connectivity index (χ0) is 8.97. The first-order valence-corrected chi connectivity index (χ1v) is 3.57. The summed E-state index contributed by atoms with van der Waals surface area (Å²) in [5.41, 5.74) is 0.816. The van der Waals surface area contributed by atoms with Crippen LogP contribution in [0.1, 0.15) is 15.9 Å². The van der Waals surface area contributed by atoms with Crippen LogP contribution >= 0.6 is 11.8 Å². The van der Waals surface area contributed by atoms with Crippen molar-refractivity contribution in [1.29, 1.82) is 5.26 Å². The summed E-state index contributed by atoms with van der Waals surface area (Å²) in [5, 5.41) is 8.50. The molecule has 4 heteroatoms. The molecule has 0 saturated carbocycles. The Morgan fingerprint density at radius 1 is 1.58 bits per heavy atom. The van der Waals surface area contributed by atoms with E-state index in [9.17, 15) is 4.79 Å². The molecule has 0 saturated heterocycles. The van der Waals surface area contributed by atoms with Crippen molar-refractivity contribution in [3.63, 3.8) is 0 Å². The zero-order valence-corrected chi connectivity index (χ0v) is 6.80. The highest BCUT2D eigenvalue weighted by Gasteiger charge is 2.03. The van der Waals surface area contributed by atoms with Gasteiger partial charge in [0.05, 0.1) is 11.6 Å². The Morgan fingerprint density at radius 2 is 2.33 bits per heavy atom. The van der Waals surface area contributed by atoms with Gasteiger partial charge in [0.1, 0.15) is 0 Å². The number of hydrogen-bond acceptors (Lipinski definition) is 2. The van der Waals surface area contributed by atoms with Crippen molar-refractivity contribution in [2.75, 3.05) is 0 Å². The van der Waals surface area contributed by atoms with Gasteiger partial charge in [0.15, 0.2) is 0 Å². The molecule has 1 amide bonds. The molecule has 1 aromatic rings. The SMILES string of the molecule is N#Cc1cccc(C(=O)NCl)c1. The first-order chi connectivity index (χ1) is 5.77. The minimum Gasteiger partial charge on any atom is -0.268 e. The fourth-order valence-electron chi connectivity index (χ4n) is 0.785. The number of hydrogen-bond donors (Lipinski definition) is 1. The molecular formula is C8H5ClN2O. The Morgan fingerprint density at radius 3 is 2.92 bits per heavy atom. The molecule has 0 heterocycles. The second-order valence-electron chi connectivity index (χ2n) is 2.12. The average Bonchev–Trinajstić information content (AvgIpc) is 2.17. The van der Waals surface area contributed by atoms with E-state index >= 15 is 0 Å². The quantitative estimate of drug-likeness (QED) is 0.665. The van der Waals surface area contributed by atoms with E-state index in [1.165, 1.54) is 6.07 Å². The molecule has 0 unspecified atom stereocenters. The van der Waals surface area contributed by atoms with Crippen molar-refractivity contribution in [2.45, 2.75) is 0 Å².